The van der Waals surface area contributed by atoms with Crippen molar-refractivity contribution in [2.45, 2.75) is 29.1 Å². The second-order valence-corrected chi connectivity index (χ2v) is 10.8. The molecule has 0 fully saturated rings. The van der Waals surface area contributed by atoms with E-state index in [2.05, 4.69) is 43.2 Å². The summed E-state index contributed by atoms with van der Waals surface area (Å²) in [4.78, 5) is 4.37. The maximum Gasteiger partial charge on any atom is 0.0708 e. The molecule has 1 aromatic rings. The minimum Gasteiger partial charge on any atom is -0.179 e. The van der Waals surface area contributed by atoms with E-state index in [0.717, 1.165) is 5.75 Å². The fraction of sp³-hybridized carbons (Fsp3) is 0.333. The number of thioether (sulfide) groups is 5. The summed E-state index contributed by atoms with van der Waals surface area (Å²) in [6, 6.07) is 8.70. The van der Waals surface area contributed by atoms with Crippen LogP contribution in [0.25, 0.3) is 0 Å². The van der Waals surface area contributed by atoms with Gasteiger partial charge in [-0.1, -0.05) is 59.2 Å². The smallest absolute Gasteiger partial charge is 0.0708 e. The van der Waals surface area contributed by atoms with Crippen LogP contribution >= 0.6 is 71.4 Å². The van der Waals surface area contributed by atoms with Gasteiger partial charge in [-0.25, -0.2) is 0 Å². The van der Waals surface area contributed by atoms with Crippen LogP contribution in [0.15, 0.2) is 51.7 Å². The first-order valence-corrected chi connectivity index (χ1v) is 11.9. The van der Waals surface area contributed by atoms with E-state index in [-0.39, 0.29) is 0 Å². The number of fused-ring (bicyclic) bond motifs is 1. The third-order valence-corrected chi connectivity index (χ3v) is 10.4. The van der Waals surface area contributed by atoms with Crippen LogP contribution in [0.5, 0.6) is 0 Å². The van der Waals surface area contributed by atoms with Crippen LogP contribution in [-0.4, -0.2) is 12.0 Å². The van der Waals surface area contributed by atoms with E-state index in [0.29, 0.717) is 0 Å². The average molecular weight is 389 g/mol. The van der Waals surface area contributed by atoms with Crippen LogP contribution in [0.4, 0.5) is 0 Å². The van der Waals surface area contributed by atoms with Gasteiger partial charge in [0.05, 0.1) is 12.7 Å². The molecule has 3 rings (SSSR count). The minimum atomic E-state index is 0.995. The zero-order chi connectivity index (χ0) is 14.7. The number of unbranched alkanes of at least 4 members (excludes halogenated alkanes) is 1. The summed E-state index contributed by atoms with van der Waals surface area (Å²) in [7, 11) is 0. The third-order valence-electron chi connectivity index (χ3n) is 3.05. The SMILES string of the molecule is CSC1=C(CCCCS)SC(=C2Sc3ccccc3S2)S1. The maximum absolute atomic E-state index is 4.31. The van der Waals surface area contributed by atoms with Crippen molar-refractivity contribution in [1.29, 1.82) is 0 Å². The number of hydrogen-bond donors (Lipinski definition) is 1. The van der Waals surface area contributed by atoms with Crippen LogP contribution in [0, 0.1) is 0 Å². The molecule has 2 heterocycles. The Morgan fingerprint density at radius 1 is 0.952 bits per heavy atom. The van der Waals surface area contributed by atoms with Crippen LogP contribution < -0.4 is 0 Å². The van der Waals surface area contributed by atoms with Crippen molar-refractivity contribution in [3.05, 3.63) is 41.9 Å². The molecular weight excluding hydrogens is 373 g/mol. The van der Waals surface area contributed by atoms with Gasteiger partial charge in [-0.3, -0.25) is 0 Å². The Labute approximate surface area is 153 Å². The molecule has 0 N–H and O–H groups in total. The molecule has 1 aromatic carbocycles. The van der Waals surface area contributed by atoms with E-state index in [1.807, 2.05) is 58.8 Å². The van der Waals surface area contributed by atoms with Gasteiger partial charge in [0.25, 0.3) is 0 Å². The lowest BCUT2D eigenvalue weighted by molar-refractivity contribution is 0.819. The summed E-state index contributed by atoms with van der Waals surface area (Å²) in [6.07, 6.45) is 5.85. The Morgan fingerprint density at radius 2 is 1.62 bits per heavy atom. The predicted molar refractivity (Wildman–Crippen MR) is 109 cm³/mol. The molecule has 6 heteroatoms. The van der Waals surface area contributed by atoms with Crippen LogP contribution in [0.2, 0.25) is 0 Å². The van der Waals surface area contributed by atoms with Gasteiger partial charge < -0.3 is 0 Å². The molecule has 112 valence electrons. The van der Waals surface area contributed by atoms with E-state index in [4.69, 9.17) is 0 Å². The zero-order valence-electron chi connectivity index (χ0n) is 11.6. The largest absolute Gasteiger partial charge is 0.179 e. The Kier molecular flexibility index (Phi) is 6.39. The third kappa shape index (κ3) is 4.01. The molecule has 0 saturated carbocycles. The van der Waals surface area contributed by atoms with E-state index in [1.165, 1.54) is 41.8 Å². The second kappa shape index (κ2) is 8.06. The highest BCUT2D eigenvalue weighted by Crippen LogP contribution is 2.62. The molecule has 0 aliphatic carbocycles. The quantitative estimate of drug-likeness (QED) is 0.420. The molecule has 0 unspecified atom stereocenters. The van der Waals surface area contributed by atoms with Gasteiger partial charge in [-0.2, -0.15) is 12.6 Å². The maximum atomic E-state index is 4.31. The topological polar surface area (TPSA) is 0 Å². The summed E-state index contributed by atoms with van der Waals surface area (Å²) < 4.78 is 4.44. The first-order chi connectivity index (χ1) is 10.3. The highest BCUT2D eigenvalue weighted by atomic mass is 32.2. The molecule has 0 radical (unpaired) electrons. The average Bonchev–Trinajstić information content (AvgIpc) is 3.10. The summed E-state index contributed by atoms with van der Waals surface area (Å²) in [5.74, 6) is 0.995. The summed E-state index contributed by atoms with van der Waals surface area (Å²) >= 11 is 14.0. The molecule has 0 atom stereocenters. The van der Waals surface area contributed by atoms with Gasteiger partial charge in [0, 0.05) is 14.7 Å². The first-order valence-electron chi connectivity index (χ1n) is 6.74. The fourth-order valence-corrected chi connectivity index (χ4v) is 8.92. The van der Waals surface area contributed by atoms with Gasteiger partial charge in [0.2, 0.25) is 0 Å². The molecule has 21 heavy (non-hydrogen) atoms. The Hall–Kier alpha value is 0.800. The predicted octanol–water partition coefficient (Wildman–Crippen LogP) is 7.12. The van der Waals surface area contributed by atoms with Crippen molar-refractivity contribution in [3.63, 3.8) is 0 Å². The number of allylic oxidation sites excluding steroid dienone is 1. The van der Waals surface area contributed by atoms with Gasteiger partial charge in [0.15, 0.2) is 0 Å². The summed E-state index contributed by atoms with van der Waals surface area (Å²) in [6.45, 7) is 0. The molecule has 2 aliphatic heterocycles. The summed E-state index contributed by atoms with van der Waals surface area (Å²) in [5, 5.41) is 0. The minimum absolute atomic E-state index is 0.995. The molecule has 0 aromatic heterocycles. The Balaban J connectivity index is 1.71. The highest BCUT2D eigenvalue weighted by Gasteiger charge is 2.27. The van der Waals surface area contributed by atoms with E-state index >= 15 is 0 Å². The van der Waals surface area contributed by atoms with Crippen molar-refractivity contribution in [2.75, 3.05) is 12.0 Å². The highest BCUT2D eigenvalue weighted by molar-refractivity contribution is 8.37. The van der Waals surface area contributed by atoms with Crippen molar-refractivity contribution >= 4 is 71.4 Å². The van der Waals surface area contributed by atoms with E-state index in [1.54, 1.807) is 4.91 Å². The van der Waals surface area contributed by atoms with Crippen molar-refractivity contribution in [2.24, 2.45) is 0 Å². The number of benzene rings is 1. The lowest BCUT2D eigenvalue weighted by Gasteiger charge is -2.02. The standard InChI is InChI=1S/C15H16S6/c1-17-13-12(8-4-5-9-16)20-15(21-13)14-18-10-6-2-3-7-11(10)19-14/h2-3,6-7,16H,4-5,8-9H2,1H3. The van der Waals surface area contributed by atoms with E-state index < -0.39 is 0 Å². The van der Waals surface area contributed by atoms with Gasteiger partial charge in [0.1, 0.15) is 0 Å². The normalized spacial score (nSPS) is 17.8. The molecule has 0 saturated heterocycles. The van der Waals surface area contributed by atoms with Gasteiger partial charge in [-0.15, -0.1) is 11.8 Å². The van der Waals surface area contributed by atoms with Crippen molar-refractivity contribution < 1.29 is 0 Å². The van der Waals surface area contributed by atoms with Crippen molar-refractivity contribution in [3.8, 4) is 0 Å². The first kappa shape index (κ1) is 16.7. The fourth-order valence-electron chi connectivity index (χ4n) is 2.03. The lowest BCUT2D eigenvalue weighted by atomic mass is 10.2. The molecular formula is C15H16S6. The molecule has 0 spiro atoms. The number of rotatable bonds is 5. The van der Waals surface area contributed by atoms with Crippen molar-refractivity contribution in [1.82, 2.24) is 0 Å². The molecule has 0 amide bonds. The van der Waals surface area contributed by atoms with Crippen LogP contribution in [-0.2, 0) is 0 Å². The van der Waals surface area contributed by atoms with Crippen LogP contribution in [0.1, 0.15) is 19.3 Å². The number of thiol groups is 1. The lowest BCUT2D eigenvalue weighted by Crippen LogP contribution is -1.80. The molecule has 2 aliphatic rings. The monoisotopic (exact) mass is 388 g/mol. The Bertz CT molecular complexity index is 563. The number of hydrogen-bond acceptors (Lipinski definition) is 6. The Morgan fingerprint density at radius 3 is 2.24 bits per heavy atom. The molecule has 0 nitrogen and oxygen atoms in total. The van der Waals surface area contributed by atoms with Gasteiger partial charge in [-0.05, 0) is 43.4 Å². The second-order valence-electron chi connectivity index (χ2n) is 4.53. The van der Waals surface area contributed by atoms with Crippen LogP contribution in [0.3, 0.4) is 0 Å². The molecule has 0 bridgehead atoms. The summed E-state index contributed by atoms with van der Waals surface area (Å²) in [5.41, 5.74) is 0. The van der Waals surface area contributed by atoms with Gasteiger partial charge >= 0.3 is 0 Å². The zero-order valence-corrected chi connectivity index (χ0v) is 16.6. The van der Waals surface area contributed by atoms with E-state index in [9.17, 15) is 0 Å².